The van der Waals surface area contributed by atoms with E-state index in [1.54, 1.807) is 18.3 Å². The van der Waals surface area contributed by atoms with Crippen LogP contribution in [0, 0.1) is 5.41 Å². The number of amides is 2. The zero-order valence-electron chi connectivity index (χ0n) is 14.1. The molecule has 1 aliphatic carbocycles. The molecule has 4 rings (SSSR count). The number of hydrogen-bond acceptors (Lipinski definition) is 5. The Balaban J connectivity index is 1.38. The molecule has 1 spiro atoms. The Labute approximate surface area is 150 Å². The Morgan fingerprint density at radius 3 is 2.84 bits per heavy atom. The molecule has 1 saturated carbocycles. The van der Waals surface area contributed by atoms with Crippen molar-refractivity contribution in [1.29, 1.82) is 0 Å². The summed E-state index contributed by atoms with van der Waals surface area (Å²) in [7, 11) is 0. The summed E-state index contributed by atoms with van der Waals surface area (Å²) in [5.74, 6) is 0.339. The van der Waals surface area contributed by atoms with E-state index in [0.29, 0.717) is 31.5 Å². The number of nitrogens with zero attached hydrogens (tertiary/aromatic N) is 4. The van der Waals surface area contributed by atoms with Crippen LogP contribution in [0.4, 0.5) is 0 Å². The van der Waals surface area contributed by atoms with Crippen molar-refractivity contribution in [3.05, 3.63) is 34.5 Å². The van der Waals surface area contributed by atoms with Crippen molar-refractivity contribution in [2.45, 2.75) is 38.8 Å². The molecule has 0 unspecified atom stereocenters. The van der Waals surface area contributed by atoms with Crippen molar-refractivity contribution >= 4 is 23.2 Å². The van der Waals surface area contributed by atoms with Crippen LogP contribution in [-0.2, 0) is 11.3 Å². The Hall–Kier alpha value is -2.22. The molecule has 2 aliphatic rings. The molecular weight excluding hydrogens is 338 g/mol. The minimum Gasteiger partial charge on any atom is -0.336 e. The van der Waals surface area contributed by atoms with Crippen LogP contribution in [0.3, 0.4) is 0 Å². The first-order valence-corrected chi connectivity index (χ1v) is 9.46. The number of rotatable bonds is 4. The second-order valence-electron chi connectivity index (χ2n) is 6.99. The van der Waals surface area contributed by atoms with E-state index >= 15 is 0 Å². The molecule has 0 radical (unpaired) electrons. The van der Waals surface area contributed by atoms with Crippen molar-refractivity contribution in [3.63, 3.8) is 0 Å². The third-order valence-corrected chi connectivity index (χ3v) is 6.26. The van der Waals surface area contributed by atoms with Gasteiger partial charge in [-0.2, -0.15) is 16.4 Å². The lowest BCUT2D eigenvalue weighted by molar-refractivity contribution is -0.130. The van der Waals surface area contributed by atoms with E-state index in [1.807, 2.05) is 15.2 Å². The number of aromatic amines is 1. The summed E-state index contributed by atoms with van der Waals surface area (Å²) in [6.45, 7) is 3.76. The molecule has 2 amide bonds. The average Bonchev–Trinajstić information content (AvgIpc) is 3.07. The molecule has 2 fully saturated rings. The molecule has 0 bridgehead atoms. The van der Waals surface area contributed by atoms with E-state index in [-0.39, 0.29) is 17.2 Å². The van der Waals surface area contributed by atoms with Gasteiger partial charge in [-0.3, -0.25) is 14.7 Å². The number of hydrogen-bond donors (Lipinski definition) is 1. The maximum absolute atomic E-state index is 12.4. The second-order valence-corrected chi connectivity index (χ2v) is 7.77. The first-order valence-electron chi connectivity index (χ1n) is 8.52. The lowest BCUT2D eigenvalue weighted by Gasteiger charge is -2.34. The first-order chi connectivity index (χ1) is 12.1. The van der Waals surface area contributed by atoms with Crippen LogP contribution in [0.2, 0.25) is 0 Å². The molecule has 2 aromatic heterocycles. The molecule has 2 aromatic rings. The number of piperidine rings is 1. The topological polar surface area (TPSA) is 82.2 Å². The third kappa shape index (κ3) is 3.06. The Bertz CT molecular complexity index is 750. The Morgan fingerprint density at radius 2 is 2.24 bits per heavy atom. The molecule has 1 N–H and O–H groups in total. The van der Waals surface area contributed by atoms with Crippen molar-refractivity contribution < 1.29 is 9.59 Å². The van der Waals surface area contributed by atoms with Crippen LogP contribution in [-0.4, -0.2) is 55.9 Å². The van der Waals surface area contributed by atoms with Gasteiger partial charge in [0.05, 0.1) is 0 Å². The summed E-state index contributed by atoms with van der Waals surface area (Å²) in [5.41, 5.74) is 1.38. The van der Waals surface area contributed by atoms with Crippen LogP contribution < -0.4 is 0 Å². The highest BCUT2D eigenvalue weighted by Gasteiger charge is 2.58. The fraction of sp³-hybridized carbons (Fsp3) is 0.529. The number of nitrogens with one attached hydrogen (secondary N) is 1. The van der Waals surface area contributed by atoms with Gasteiger partial charge in [-0.1, -0.05) is 0 Å². The van der Waals surface area contributed by atoms with E-state index in [9.17, 15) is 9.59 Å². The maximum atomic E-state index is 12.4. The van der Waals surface area contributed by atoms with Gasteiger partial charge < -0.3 is 9.80 Å². The van der Waals surface area contributed by atoms with Crippen molar-refractivity contribution in [2.24, 2.45) is 5.41 Å². The number of aromatic nitrogens is 3. The third-order valence-electron chi connectivity index (χ3n) is 5.52. The van der Waals surface area contributed by atoms with E-state index in [1.165, 1.54) is 11.9 Å². The fourth-order valence-corrected chi connectivity index (χ4v) is 4.60. The van der Waals surface area contributed by atoms with Crippen LogP contribution in [0.5, 0.6) is 0 Å². The van der Waals surface area contributed by atoms with E-state index < -0.39 is 0 Å². The molecule has 3 heterocycles. The second kappa shape index (κ2) is 6.25. The summed E-state index contributed by atoms with van der Waals surface area (Å²) in [6.07, 6.45) is 4.27. The molecule has 132 valence electrons. The van der Waals surface area contributed by atoms with Crippen LogP contribution in [0.15, 0.2) is 23.2 Å². The van der Waals surface area contributed by atoms with Crippen molar-refractivity contribution in [2.75, 3.05) is 13.1 Å². The largest absolute Gasteiger partial charge is 0.336 e. The number of carbonyl (C=O) groups is 2. The number of carbonyl (C=O) groups excluding carboxylic acids is 2. The van der Waals surface area contributed by atoms with E-state index in [4.69, 9.17) is 0 Å². The maximum Gasteiger partial charge on any atom is 0.291 e. The van der Waals surface area contributed by atoms with Gasteiger partial charge in [-0.25, -0.2) is 4.98 Å². The average molecular weight is 359 g/mol. The van der Waals surface area contributed by atoms with Crippen molar-refractivity contribution in [3.8, 4) is 0 Å². The van der Waals surface area contributed by atoms with E-state index in [0.717, 1.165) is 19.3 Å². The molecule has 1 saturated heterocycles. The molecule has 8 heteroatoms. The van der Waals surface area contributed by atoms with Gasteiger partial charge in [0, 0.05) is 32.6 Å². The Kier molecular flexibility index (Phi) is 4.07. The summed E-state index contributed by atoms with van der Waals surface area (Å²) in [5, 5.41) is 10.5. The molecule has 0 aromatic carbocycles. The summed E-state index contributed by atoms with van der Waals surface area (Å²) < 4.78 is 0. The van der Waals surface area contributed by atoms with Crippen molar-refractivity contribution in [1.82, 2.24) is 25.0 Å². The highest BCUT2D eigenvalue weighted by Crippen LogP contribution is 2.57. The number of thiophene rings is 1. The van der Waals surface area contributed by atoms with Gasteiger partial charge in [0.1, 0.15) is 6.33 Å². The van der Waals surface area contributed by atoms with Gasteiger partial charge in [0.15, 0.2) is 0 Å². The highest BCUT2D eigenvalue weighted by atomic mass is 32.1. The van der Waals surface area contributed by atoms with Gasteiger partial charge in [-0.05, 0) is 47.1 Å². The minimum absolute atomic E-state index is 0.0914. The molecule has 25 heavy (non-hydrogen) atoms. The summed E-state index contributed by atoms with van der Waals surface area (Å²) >= 11 is 1.66. The lowest BCUT2D eigenvalue weighted by atomic mass is 9.92. The monoisotopic (exact) mass is 359 g/mol. The number of likely N-dealkylation sites (tertiary alicyclic amines) is 1. The smallest absolute Gasteiger partial charge is 0.291 e. The lowest BCUT2D eigenvalue weighted by Crippen LogP contribution is -2.42. The van der Waals surface area contributed by atoms with Crippen LogP contribution in [0.25, 0.3) is 0 Å². The Morgan fingerprint density at radius 1 is 1.44 bits per heavy atom. The predicted octanol–water partition coefficient (Wildman–Crippen LogP) is 1.91. The van der Waals surface area contributed by atoms with Gasteiger partial charge >= 0.3 is 0 Å². The molecule has 1 atom stereocenters. The normalized spacial score (nSPS) is 21.3. The van der Waals surface area contributed by atoms with Crippen LogP contribution in [0.1, 0.15) is 42.4 Å². The zero-order chi connectivity index (χ0) is 17.4. The van der Waals surface area contributed by atoms with E-state index in [2.05, 4.69) is 26.6 Å². The SMILES string of the molecule is CC(=O)N(Cc1ccsc1)[C@H]1CC12CCN(C(=O)c1ncn[nH]1)CC2. The summed E-state index contributed by atoms with van der Waals surface area (Å²) in [6, 6.07) is 2.38. The molecule has 7 nitrogen and oxygen atoms in total. The summed E-state index contributed by atoms with van der Waals surface area (Å²) in [4.78, 5) is 32.3. The molecule has 1 aliphatic heterocycles. The van der Waals surface area contributed by atoms with Gasteiger partial charge in [0.2, 0.25) is 11.7 Å². The first kappa shape index (κ1) is 16.3. The standard InChI is InChI=1S/C17H21N5O2S/c1-12(23)22(9-13-2-7-25-10-13)14-8-17(14)3-5-21(6-4-17)16(24)15-18-11-19-20-15/h2,7,10-11,14H,3-6,8-9H2,1H3,(H,18,19,20)/t14-/m0/s1. The molecular formula is C17H21N5O2S. The number of H-pyrrole nitrogens is 1. The minimum atomic E-state index is -0.0914. The zero-order valence-corrected chi connectivity index (χ0v) is 15.0. The van der Waals surface area contributed by atoms with Gasteiger partial charge in [-0.15, -0.1) is 0 Å². The van der Waals surface area contributed by atoms with Gasteiger partial charge in [0.25, 0.3) is 5.91 Å². The predicted molar refractivity (Wildman–Crippen MR) is 92.9 cm³/mol. The quantitative estimate of drug-likeness (QED) is 0.904. The fourth-order valence-electron chi connectivity index (χ4n) is 3.94. The highest BCUT2D eigenvalue weighted by molar-refractivity contribution is 7.07. The van der Waals surface area contributed by atoms with Crippen LogP contribution >= 0.6 is 11.3 Å².